The second-order valence-corrected chi connectivity index (χ2v) is 4.64. The van der Waals surface area contributed by atoms with Crippen LogP contribution in [-0.2, 0) is 17.5 Å². The van der Waals surface area contributed by atoms with E-state index in [2.05, 4.69) is 6.58 Å². The van der Waals surface area contributed by atoms with Crippen molar-refractivity contribution >= 4 is 5.91 Å². The molecule has 0 aliphatic carbocycles. The van der Waals surface area contributed by atoms with Crippen molar-refractivity contribution in [3.05, 3.63) is 48.0 Å². The summed E-state index contributed by atoms with van der Waals surface area (Å²) in [5.41, 5.74) is 5.29. The van der Waals surface area contributed by atoms with E-state index in [1.54, 1.807) is 0 Å². The zero-order valence-electron chi connectivity index (χ0n) is 11.7. The van der Waals surface area contributed by atoms with Crippen LogP contribution in [0, 0.1) is 0 Å². The van der Waals surface area contributed by atoms with Gasteiger partial charge in [0.15, 0.2) is 0 Å². The predicted octanol–water partition coefficient (Wildman–Crippen LogP) is 2.96. The lowest BCUT2D eigenvalue weighted by atomic mass is 10.1. The van der Waals surface area contributed by atoms with Gasteiger partial charge in [0.25, 0.3) is 0 Å². The highest BCUT2D eigenvalue weighted by Crippen LogP contribution is 2.28. The van der Waals surface area contributed by atoms with Gasteiger partial charge in [-0.1, -0.05) is 18.7 Å². The van der Waals surface area contributed by atoms with Gasteiger partial charge in [0.2, 0.25) is 5.91 Å². The molecule has 0 saturated carbocycles. The van der Waals surface area contributed by atoms with Gasteiger partial charge in [0.1, 0.15) is 0 Å². The Kier molecular flexibility index (Phi) is 6.42. The molecular formula is C15H19F3N2O. The molecular weight excluding hydrogens is 281 g/mol. The first kappa shape index (κ1) is 17.2. The smallest absolute Gasteiger partial charge is 0.339 e. The maximum Gasteiger partial charge on any atom is 0.416 e. The summed E-state index contributed by atoms with van der Waals surface area (Å²) in [7, 11) is 0. The maximum atomic E-state index is 12.0. The molecule has 0 radical (unpaired) electrons. The Hall–Kier alpha value is -1.82. The second-order valence-electron chi connectivity index (χ2n) is 4.64. The standard InChI is InChI=1S/C8H8F3N.C7H11NO/c9-8(10,11)7-3-1-6(5-12)2-4-7;1-2-7(9)8-5-3-4-6-8/h1-4H,5,12H2;2H,1,3-6H2. The zero-order chi connectivity index (χ0) is 15.9. The molecule has 3 nitrogen and oxygen atoms in total. The van der Waals surface area contributed by atoms with Crippen LogP contribution in [0.15, 0.2) is 36.9 Å². The molecule has 6 heteroatoms. The Morgan fingerprint density at radius 3 is 2.14 bits per heavy atom. The van der Waals surface area contributed by atoms with Crippen molar-refractivity contribution in [3.63, 3.8) is 0 Å². The lowest BCUT2D eigenvalue weighted by molar-refractivity contribution is -0.137. The van der Waals surface area contributed by atoms with E-state index < -0.39 is 11.7 Å². The molecule has 1 aliphatic heterocycles. The Balaban J connectivity index is 0.000000219. The van der Waals surface area contributed by atoms with Crippen LogP contribution in [0.2, 0.25) is 0 Å². The molecule has 2 rings (SSSR count). The molecule has 1 amide bonds. The summed E-state index contributed by atoms with van der Waals surface area (Å²) in [5, 5.41) is 0. The normalized spacial score (nSPS) is 14.4. The highest BCUT2D eigenvalue weighted by Gasteiger charge is 2.29. The van der Waals surface area contributed by atoms with E-state index in [-0.39, 0.29) is 12.5 Å². The van der Waals surface area contributed by atoms with Crippen LogP contribution in [-0.4, -0.2) is 23.9 Å². The Bertz CT molecular complexity index is 463. The summed E-state index contributed by atoms with van der Waals surface area (Å²) in [4.78, 5) is 12.6. The molecule has 1 saturated heterocycles. The number of benzene rings is 1. The highest BCUT2D eigenvalue weighted by molar-refractivity contribution is 5.87. The minimum atomic E-state index is -4.26. The number of rotatable bonds is 2. The first-order valence-corrected chi connectivity index (χ1v) is 6.66. The first-order chi connectivity index (χ1) is 9.88. The quantitative estimate of drug-likeness (QED) is 0.854. The van der Waals surface area contributed by atoms with Gasteiger partial charge in [-0.25, -0.2) is 0 Å². The molecule has 0 aromatic heterocycles. The van der Waals surface area contributed by atoms with Crippen molar-refractivity contribution in [1.82, 2.24) is 4.90 Å². The predicted molar refractivity (Wildman–Crippen MR) is 75.3 cm³/mol. The van der Waals surface area contributed by atoms with Gasteiger partial charge in [-0.2, -0.15) is 13.2 Å². The summed E-state index contributed by atoms with van der Waals surface area (Å²) in [6, 6.07) is 4.82. The number of alkyl halides is 3. The van der Waals surface area contributed by atoms with Crippen LogP contribution in [0.1, 0.15) is 24.0 Å². The number of hydrogen-bond acceptors (Lipinski definition) is 2. The van der Waals surface area contributed by atoms with Crippen LogP contribution < -0.4 is 5.73 Å². The molecule has 1 aromatic rings. The van der Waals surface area contributed by atoms with Crippen LogP contribution in [0.4, 0.5) is 13.2 Å². The average molecular weight is 300 g/mol. The van der Waals surface area contributed by atoms with Gasteiger partial charge >= 0.3 is 6.18 Å². The van der Waals surface area contributed by atoms with Crippen molar-refractivity contribution in [1.29, 1.82) is 0 Å². The van der Waals surface area contributed by atoms with Crippen LogP contribution in [0.5, 0.6) is 0 Å². The fourth-order valence-corrected chi connectivity index (χ4v) is 1.90. The molecule has 21 heavy (non-hydrogen) atoms. The van der Waals surface area contributed by atoms with Gasteiger partial charge in [0.05, 0.1) is 5.56 Å². The van der Waals surface area contributed by atoms with E-state index in [9.17, 15) is 18.0 Å². The van der Waals surface area contributed by atoms with Crippen molar-refractivity contribution < 1.29 is 18.0 Å². The molecule has 2 N–H and O–H groups in total. The largest absolute Gasteiger partial charge is 0.416 e. The third-order valence-corrected chi connectivity index (χ3v) is 3.11. The van der Waals surface area contributed by atoms with Crippen molar-refractivity contribution in [2.75, 3.05) is 13.1 Å². The van der Waals surface area contributed by atoms with Crippen molar-refractivity contribution in [2.45, 2.75) is 25.6 Å². The molecule has 116 valence electrons. The molecule has 0 spiro atoms. The molecule has 1 fully saturated rings. The van der Waals surface area contributed by atoms with Crippen molar-refractivity contribution in [2.24, 2.45) is 5.73 Å². The number of hydrogen-bond donors (Lipinski definition) is 1. The summed E-state index contributed by atoms with van der Waals surface area (Å²) in [6.45, 7) is 5.52. The number of nitrogens with two attached hydrogens (primary N) is 1. The number of halogens is 3. The monoisotopic (exact) mass is 300 g/mol. The van der Waals surface area contributed by atoms with E-state index in [1.165, 1.54) is 18.2 Å². The highest BCUT2D eigenvalue weighted by atomic mass is 19.4. The van der Waals surface area contributed by atoms with Gasteiger partial charge in [0, 0.05) is 19.6 Å². The number of likely N-dealkylation sites (tertiary alicyclic amines) is 1. The minimum Gasteiger partial charge on any atom is -0.339 e. The third-order valence-electron chi connectivity index (χ3n) is 3.11. The summed E-state index contributed by atoms with van der Waals surface area (Å²) in [5.74, 6) is 0.0764. The van der Waals surface area contributed by atoms with Gasteiger partial charge in [-0.15, -0.1) is 0 Å². The average Bonchev–Trinajstić information content (AvgIpc) is 3.00. The van der Waals surface area contributed by atoms with E-state index in [1.807, 2.05) is 4.90 Å². The Labute approximate surface area is 122 Å². The van der Waals surface area contributed by atoms with Gasteiger partial charge < -0.3 is 10.6 Å². The molecule has 0 atom stereocenters. The molecule has 1 aromatic carbocycles. The van der Waals surface area contributed by atoms with Gasteiger partial charge in [-0.05, 0) is 36.6 Å². The maximum absolute atomic E-state index is 12.0. The van der Waals surface area contributed by atoms with Gasteiger partial charge in [-0.3, -0.25) is 4.79 Å². The zero-order valence-corrected chi connectivity index (χ0v) is 11.7. The molecule has 0 bridgehead atoms. The third kappa shape index (κ3) is 5.59. The van der Waals surface area contributed by atoms with Crippen LogP contribution >= 0.6 is 0 Å². The molecule has 1 aliphatic rings. The lowest BCUT2D eigenvalue weighted by Gasteiger charge is -2.10. The fraction of sp³-hybridized carbons (Fsp3) is 0.400. The van der Waals surface area contributed by atoms with E-state index in [4.69, 9.17) is 5.73 Å². The van der Waals surface area contributed by atoms with Crippen LogP contribution in [0.3, 0.4) is 0 Å². The number of carbonyl (C=O) groups is 1. The summed E-state index contributed by atoms with van der Waals surface area (Å²) < 4.78 is 36.0. The number of amides is 1. The molecule has 0 unspecified atom stereocenters. The topological polar surface area (TPSA) is 46.3 Å². The van der Waals surface area contributed by atoms with Crippen molar-refractivity contribution in [3.8, 4) is 0 Å². The minimum absolute atomic E-state index is 0.0764. The van der Waals surface area contributed by atoms with E-state index in [0.29, 0.717) is 5.56 Å². The Morgan fingerprint density at radius 1 is 1.24 bits per heavy atom. The van der Waals surface area contributed by atoms with Crippen LogP contribution in [0.25, 0.3) is 0 Å². The Morgan fingerprint density at radius 2 is 1.76 bits per heavy atom. The van der Waals surface area contributed by atoms with E-state index >= 15 is 0 Å². The SMILES string of the molecule is C=CC(=O)N1CCCC1.NCc1ccc(C(F)(F)F)cc1. The fourth-order valence-electron chi connectivity index (χ4n) is 1.90. The number of carbonyl (C=O) groups excluding carboxylic acids is 1. The number of nitrogens with zero attached hydrogens (tertiary/aromatic N) is 1. The molecule has 1 heterocycles. The first-order valence-electron chi connectivity index (χ1n) is 6.66. The summed E-state index contributed by atoms with van der Waals surface area (Å²) in [6.07, 6.45) is -0.572. The van der Waals surface area contributed by atoms with E-state index in [0.717, 1.165) is 38.1 Å². The summed E-state index contributed by atoms with van der Waals surface area (Å²) >= 11 is 0. The lowest BCUT2D eigenvalue weighted by Crippen LogP contribution is -2.25. The second kappa shape index (κ2) is 7.83.